The average molecular weight is 833 g/mol. The van der Waals surface area contributed by atoms with E-state index in [1.54, 1.807) is 19.4 Å². The third-order valence-corrected chi connectivity index (χ3v) is 12.6. The molecule has 2 N–H and O–H groups in total. The van der Waals surface area contributed by atoms with Gasteiger partial charge in [0.2, 0.25) is 0 Å². The van der Waals surface area contributed by atoms with E-state index in [0.29, 0.717) is 16.7 Å². The minimum absolute atomic E-state index is 0. The Labute approximate surface area is 393 Å². The van der Waals surface area contributed by atoms with Crippen LogP contribution in [0.25, 0.3) is 0 Å². The molecule has 4 rings (SSSR count). The summed E-state index contributed by atoms with van der Waals surface area (Å²) in [5.41, 5.74) is 1.42. The smallest absolute Gasteiger partial charge is 0.0682 e. The molecule has 0 aliphatic heterocycles. The Bertz CT molecular complexity index is 2400. The molecule has 0 aromatic rings. The van der Waals surface area contributed by atoms with Crippen molar-refractivity contribution in [1.29, 1.82) is 0 Å². The van der Waals surface area contributed by atoms with Crippen molar-refractivity contribution in [2.24, 2.45) is 40.4 Å². The molecule has 0 heterocycles. The first-order chi connectivity index (χ1) is 28.8. The summed E-state index contributed by atoms with van der Waals surface area (Å²) < 4.78 is 0. The number of rotatable bonds is 5. The van der Waals surface area contributed by atoms with Crippen LogP contribution in [0.5, 0.6) is 0 Å². The van der Waals surface area contributed by atoms with Crippen molar-refractivity contribution in [1.82, 2.24) is 0 Å². The number of aliphatic hydroxyl groups is 2. The summed E-state index contributed by atoms with van der Waals surface area (Å²) in [5.74, 6) is 69.7. The summed E-state index contributed by atoms with van der Waals surface area (Å²) in [4.78, 5) is 14.0. The predicted molar refractivity (Wildman–Crippen MR) is 289 cm³/mol. The van der Waals surface area contributed by atoms with Crippen LogP contribution in [-0.4, -0.2) is 21.4 Å². The van der Waals surface area contributed by atoms with Gasteiger partial charge in [-0.15, -0.1) is 0 Å². The fourth-order valence-corrected chi connectivity index (χ4v) is 9.58. The lowest BCUT2D eigenvalue weighted by atomic mass is 9.46. The molecule has 8 atom stereocenters. The van der Waals surface area contributed by atoms with Crippen LogP contribution in [0.2, 0.25) is 0 Å². The minimum atomic E-state index is -0.536. The van der Waals surface area contributed by atoms with Gasteiger partial charge in [-0.25, -0.2) is 0 Å². The van der Waals surface area contributed by atoms with E-state index in [1.165, 1.54) is 38.5 Å². The van der Waals surface area contributed by atoms with Gasteiger partial charge in [-0.3, -0.25) is 0 Å². The zero-order chi connectivity index (χ0) is 44.3. The van der Waals surface area contributed by atoms with Crippen molar-refractivity contribution < 1.29 is 40.2 Å². The molecule has 4 nitrogen and oxygen atoms in total. The van der Waals surface area contributed by atoms with Gasteiger partial charge < -0.3 is 10.2 Å². The van der Waals surface area contributed by atoms with E-state index in [2.05, 4.69) is 188 Å². The molecule has 3 saturated carbocycles. The molecular formula is C56H96O4. The minimum Gasteiger partial charge on any atom is -0.390 e. The van der Waals surface area contributed by atoms with Crippen LogP contribution < -0.4 is 0 Å². The van der Waals surface area contributed by atoms with Gasteiger partial charge in [-0.05, 0) is 233 Å². The van der Waals surface area contributed by atoms with Crippen LogP contribution in [0.4, 0.5) is 0 Å². The summed E-state index contributed by atoms with van der Waals surface area (Å²) >= 11 is 0. The second-order valence-corrected chi connectivity index (χ2v) is 16.6. The average Bonchev–Trinajstić information content (AvgIpc) is 3.60. The van der Waals surface area contributed by atoms with E-state index in [1.807, 2.05) is 13.8 Å². The highest BCUT2D eigenvalue weighted by Crippen LogP contribution is 2.68. The summed E-state index contributed by atoms with van der Waals surface area (Å²) in [6.45, 7) is 17.1. The van der Waals surface area contributed by atoms with Crippen LogP contribution >= 0.6 is 0 Å². The van der Waals surface area contributed by atoms with Crippen LogP contribution in [0.1, 0.15) is 156 Å². The Morgan fingerprint density at radius 2 is 1.08 bits per heavy atom. The molecule has 0 radical (unpaired) electrons. The van der Waals surface area contributed by atoms with Gasteiger partial charge in [-0.1, -0.05) is 51.2 Å². The molecule has 4 aliphatic carbocycles. The monoisotopic (exact) mass is 833 g/mol. The number of hydrogen-bond donors (Lipinski definition) is 2. The Morgan fingerprint density at radius 3 is 1.47 bits per heavy atom. The van der Waals surface area contributed by atoms with Gasteiger partial charge in [0.15, 0.2) is 0 Å². The third-order valence-electron chi connectivity index (χ3n) is 12.6. The molecule has 60 heavy (non-hydrogen) atoms. The summed E-state index contributed by atoms with van der Waals surface area (Å²) in [6, 6.07) is 0. The molecular weight excluding hydrogens is 737 g/mol. The first-order valence-electron chi connectivity index (χ1n) is 20.5. The first-order valence-corrected chi connectivity index (χ1v) is 20.5. The largest absolute Gasteiger partial charge is 0.390 e. The lowest BCUT2D eigenvalue weighted by Gasteiger charge is -2.59. The Kier molecular flexibility index (Phi) is 21.4. The summed E-state index contributed by atoms with van der Waals surface area (Å²) in [5, 5.41) is 21.2. The van der Waals surface area contributed by atoms with Crippen molar-refractivity contribution in [2.45, 2.75) is 137 Å². The number of allylic oxidation sites excluding steroid dienone is 1. The standard InChI is InChI=1S/C28H48O2.C28H6.O2.21H2/c1-7-28(30)17-16-26(5)20(18-28)8-9-21-23-11-10-22(19(2)12-14-25(3,4)29)27(23,6)15-13-24(21)26;1-3-5-7-9-11-13-15-17-19-21-23-25-27-28-26-24-22-20-18-16-14-12-10-8-6-4-2;1-2;;;;;;;;;;;;;;;;;;;;;/h8,19,21-24,29-30H,7,9-18H2,1-6H3;1-2H3;;21*1H/t19-,21+,22-,23+,24+,26+,27-,28+;;;;;;;;;;;;;;;;;;;;;;;/m1......................./s1. The summed E-state index contributed by atoms with van der Waals surface area (Å²) in [7, 11) is 0. The van der Waals surface area contributed by atoms with Crippen molar-refractivity contribution in [3.8, 4) is 154 Å². The van der Waals surface area contributed by atoms with E-state index in [4.69, 9.17) is 9.93 Å². The Balaban J connectivity index is -0.0000000396. The first kappa shape index (κ1) is 49.7. The van der Waals surface area contributed by atoms with E-state index >= 15 is 0 Å². The highest BCUT2D eigenvalue weighted by Gasteiger charge is 2.59. The van der Waals surface area contributed by atoms with Gasteiger partial charge in [0.25, 0.3) is 0 Å². The molecule has 0 unspecified atom stereocenters. The second-order valence-electron chi connectivity index (χ2n) is 16.6. The quantitative estimate of drug-likeness (QED) is 0.214. The van der Waals surface area contributed by atoms with Crippen molar-refractivity contribution >= 4 is 0 Å². The van der Waals surface area contributed by atoms with Crippen LogP contribution in [0, 0.1) is 204 Å². The molecule has 3 fully saturated rings. The molecule has 4 aliphatic rings. The maximum Gasteiger partial charge on any atom is 0.0682 e. The van der Waals surface area contributed by atoms with E-state index in [0.717, 1.165) is 55.8 Å². The van der Waals surface area contributed by atoms with E-state index < -0.39 is 11.2 Å². The zero-order valence-corrected chi connectivity index (χ0v) is 36.5. The Hall–Kier alpha value is -6.46. The number of hydrogen-bond acceptors (Lipinski definition) is 4. The number of fused-ring (bicyclic) bond motifs is 5. The molecule has 0 aromatic heterocycles. The molecule has 0 aromatic carbocycles. The normalized spacial score (nSPS) is 25.5. The lowest BCUT2D eigenvalue weighted by molar-refractivity contribution is -0.0761. The summed E-state index contributed by atoms with van der Waals surface area (Å²) in [6.07, 6.45) is 15.4. The molecule has 0 saturated heterocycles. The molecule has 0 spiro atoms. The van der Waals surface area contributed by atoms with Crippen LogP contribution in [0.3, 0.4) is 0 Å². The van der Waals surface area contributed by atoms with Crippen LogP contribution in [-0.2, 0) is 0 Å². The fourth-order valence-electron chi connectivity index (χ4n) is 9.58. The maximum atomic E-state index is 11.0. The van der Waals surface area contributed by atoms with Crippen molar-refractivity contribution in [3.63, 3.8) is 0 Å². The van der Waals surface area contributed by atoms with Gasteiger partial charge in [-0.2, -0.15) is 0 Å². The van der Waals surface area contributed by atoms with E-state index in [9.17, 15) is 10.2 Å². The van der Waals surface area contributed by atoms with Gasteiger partial charge >= 0.3 is 0 Å². The topological polar surface area (TPSA) is 74.6 Å². The predicted octanol–water partition coefficient (Wildman–Crippen LogP) is 13.2. The van der Waals surface area contributed by atoms with Crippen LogP contribution in [0.15, 0.2) is 11.6 Å². The highest BCUT2D eigenvalue weighted by atomic mass is 16.7. The third kappa shape index (κ3) is 15.7. The van der Waals surface area contributed by atoms with Crippen molar-refractivity contribution in [3.05, 3.63) is 21.6 Å². The molecule has 344 valence electrons. The molecule has 4 heteroatoms. The van der Waals surface area contributed by atoms with Gasteiger partial charge in [0.05, 0.1) is 11.2 Å². The second kappa shape index (κ2) is 25.8. The van der Waals surface area contributed by atoms with Crippen molar-refractivity contribution in [2.75, 3.05) is 0 Å². The lowest BCUT2D eigenvalue weighted by Crippen LogP contribution is -2.52. The molecule has 0 amide bonds. The van der Waals surface area contributed by atoms with Gasteiger partial charge in [0, 0.05) is 87.3 Å². The SMILES string of the molecule is CC#CC#CC#CC#CC#CC#CC#CC#CC#CC#CC#CC#CC#CC.CC[C@]1(O)CC[C@@]2(C)C(=CC[C@H]3[C@@H]4CC[C@H]([C@H](C)CCC(C)(C)O)[C@@]4(C)CC[C@@H]32)C1.O=O.[HH].[HH].[HH].[HH].[HH].[HH].[HH].[HH].[HH].[HH].[HH].[HH].[HH].[HH].[HH].[HH].[HH].[HH].[HH].[HH].[HH]. The zero-order valence-electron chi connectivity index (χ0n) is 36.5. The fraction of sp³-hybridized carbons (Fsp3) is 0.500. The molecule has 0 bridgehead atoms. The van der Waals surface area contributed by atoms with Gasteiger partial charge in [0.1, 0.15) is 0 Å². The highest BCUT2D eigenvalue weighted by molar-refractivity contribution is 5.48. The van der Waals surface area contributed by atoms with E-state index in [-0.39, 0.29) is 30.0 Å². The Morgan fingerprint density at radius 1 is 0.667 bits per heavy atom. The maximum absolute atomic E-state index is 11.0.